The van der Waals surface area contributed by atoms with Gasteiger partial charge in [-0.1, -0.05) is 39.0 Å². The van der Waals surface area contributed by atoms with Crippen LogP contribution in [-0.4, -0.2) is 17.3 Å². The van der Waals surface area contributed by atoms with E-state index < -0.39 is 0 Å². The van der Waals surface area contributed by atoms with Crippen molar-refractivity contribution >= 4 is 17.7 Å². The number of benzene rings is 1. The van der Waals surface area contributed by atoms with Gasteiger partial charge in [-0.15, -0.1) is 11.8 Å². The third-order valence-electron chi connectivity index (χ3n) is 4.05. The summed E-state index contributed by atoms with van der Waals surface area (Å²) in [6, 6.07) is 10.4. The van der Waals surface area contributed by atoms with E-state index in [0.717, 1.165) is 12.2 Å². The molecule has 0 radical (unpaired) electrons. The monoisotopic (exact) mass is 306 g/mol. The third-order valence-corrected chi connectivity index (χ3v) is 5.18. The van der Waals surface area contributed by atoms with Gasteiger partial charge in [0.25, 0.3) is 0 Å². The van der Waals surface area contributed by atoms with Crippen molar-refractivity contribution in [3.63, 3.8) is 0 Å². The summed E-state index contributed by atoms with van der Waals surface area (Å²) < 4.78 is 5.66. The lowest BCUT2D eigenvalue weighted by molar-refractivity contribution is -0.149. The smallest absolute Gasteiger partial charge is 0.309 e. The van der Waals surface area contributed by atoms with E-state index in [2.05, 4.69) is 45.0 Å². The van der Waals surface area contributed by atoms with Crippen LogP contribution in [0.2, 0.25) is 0 Å². The molecule has 1 saturated heterocycles. The Labute approximate surface area is 132 Å². The van der Waals surface area contributed by atoms with Gasteiger partial charge in [-0.05, 0) is 37.8 Å². The van der Waals surface area contributed by atoms with Gasteiger partial charge >= 0.3 is 5.97 Å². The molecular formula is C18H26O2S. The second kappa shape index (κ2) is 6.04. The Morgan fingerprint density at radius 3 is 2.38 bits per heavy atom. The van der Waals surface area contributed by atoms with Crippen LogP contribution in [0, 0.1) is 17.3 Å². The molecule has 2 nitrogen and oxygen atoms in total. The van der Waals surface area contributed by atoms with Gasteiger partial charge in [0.05, 0.1) is 5.92 Å². The zero-order valence-corrected chi connectivity index (χ0v) is 14.5. The van der Waals surface area contributed by atoms with Crippen molar-refractivity contribution in [1.82, 2.24) is 0 Å². The molecule has 0 saturated carbocycles. The van der Waals surface area contributed by atoms with Crippen LogP contribution in [0.3, 0.4) is 0 Å². The van der Waals surface area contributed by atoms with E-state index in [0.29, 0.717) is 0 Å². The Morgan fingerprint density at radius 1 is 1.19 bits per heavy atom. The molecule has 2 atom stereocenters. The standard InChI is InChI=1S/C18H26O2S/c1-17(2,3)11-14-15(18(4,5)20-16(14)19)12-21-13-9-7-6-8-10-13/h6-10,14-15H,11-12H2,1-5H3/t14-,15-/m1/s1. The fourth-order valence-corrected chi connectivity index (χ4v) is 4.32. The molecule has 116 valence electrons. The minimum absolute atomic E-state index is 0.0104. The number of esters is 1. The zero-order valence-electron chi connectivity index (χ0n) is 13.7. The van der Waals surface area contributed by atoms with Crippen LogP contribution >= 0.6 is 11.8 Å². The molecule has 2 rings (SSSR count). The van der Waals surface area contributed by atoms with E-state index in [9.17, 15) is 4.79 Å². The largest absolute Gasteiger partial charge is 0.459 e. The SMILES string of the molecule is CC(C)(C)C[C@H]1C(=O)OC(C)(C)[C@@H]1CSc1ccccc1. The summed E-state index contributed by atoms with van der Waals surface area (Å²) in [5.74, 6) is 1.17. The number of rotatable bonds is 4. The lowest BCUT2D eigenvalue weighted by atomic mass is 9.76. The molecule has 0 aliphatic carbocycles. The predicted molar refractivity (Wildman–Crippen MR) is 88.4 cm³/mol. The van der Waals surface area contributed by atoms with Gasteiger partial charge in [-0.2, -0.15) is 0 Å². The number of hydrogen-bond acceptors (Lipinski definition) is 3. The zero-order chi connectivity index (χ0) is 15.7. The van der Waals surface area contributed by atoms with Crippen LogP contribution in [0.4, 0.5) is 0 Å². The highest BCUT2D eigenvalue weighted by atomic mass is 32.2. The van der Waals surface area contributed by atoms with Crippen molar-refractivity contribution < 1.29 is 9.53 Å². The minimum atomic E-state index is -0.366. The van der Waals surface area contributed by atoms with Crippen molar-refractivity contribution in [2.45, 2.75) is 51.5 Å². The van der Waals surface area contributed by atoms with Crippen molar-refractivity contribution in [1.29, 1.82) is 0 Å². The Bertz CT molecular complexity index is 488. The first-order valence-electron chi connectivity index (χ1n) is 7.60. The highest BCUT2D eigenvalue weighted by molar-refractivity contribution is 7.99. The van der Waals surface area contributed by atoms with Gasteiger partial charge in [0.1, 0.15) is 5.60 Å². The van der Waals surface area contributed by atoms with Crippen LogP contribution in [0.25, 0.3) is 0 Å². The normalized spacial score (nSPS) is 24.9. The van der Waals surface area contributed by atoms with Crippen LogP contribution in [-0.2, 0) is 9.53 Å². The second-order valence-corrected chi connectivity index (χ2v) is 8.72. The molecule has 1 aliphatic rings. The molecule has 0 bridgehead atoms. The van der Waals surface area contributed by atoms with E-state index >= 15 is 0 Å². The maximum Gasteiger partial charge on any atom is 0.309 e. The topological polar surface area (TPSA) is 26.3 Å². The third kappa shape index (κ3) is 4.26. The highest BCUT2D eigenvalue weighted by Gasteiger charge is 2.50. The lowest BCUT2D eigenvalue weighted by Crippen LogP contribution is -2.33. The molecule has 3 heteroatoms. The van der Waals surface area contributed by atoms with E-state index in [1.54, 1.807) is 0 Å². The summed E-state index contributed by atoms with van der Waals surface area (Å²) in [6.07, 6.45) is 0.884. The van der Waals surface area contributed by atoms with Gasteiger partial charge < -0.3 is 4.74 Å². The number of ether oxygens (including phenoxy) is 1. The first-order valence-corrected chi connectivity index (χ1v) is 8.58. The van der Waals surface area contributed by atoms with Crippen LogP contribution < -0.4 is 0 Å². The molecule has 0 aromatic heterocycles. The summed E-state index contributed by atoms with van der Waals surface area (Å²) in [6.45, 7) is 10.7. The Morgan fingerprint density at radius 2 is 1.81 bits per heavy atom. The fraction of sp³-hybridized carbons (Fsp3) is 0.611. The molecule has 1 aromatic carbocycles. The quantitative estimate of drug-likeness (QED) is 0.591. The van der Waals surface area contributed by atoms with Gasteiger partial charge in [-0.3, -0.25) is 4.79 Å². The molecule has 0 unspecified atom stereocenters. The van der Waals surface area contributed by atoms with Crippen molar-refractivity contribution in [3.05, 3.63) is 30.3 Å². The predicted octanol–water partition coefficient (Wildman–Crippen LogP) is 4.78. The molecule has 0 spiro atoms. The van der Waals surface area contributed by atoms with Crippen LogP contribution in [0.1, 0.15) is 41.0 Å². The summed E-state index contributed by atoms with van der Waals surface area (Å²) in [7, 11) is 0. The summed E-state index contributed by atoms with van der Waals surface area (Å²) >= 11 is 1.82. The number of carbonyl (C=O) groups excluding carboxylic acids is 1. The Hall–Kier alpha value is -0.960. The molecule has 1 heterocycles. The second-order valence-electron chi connectivity index (χ2n) is 7.63. The maximum atomic E-state index is 12.3. The number of cyclic esters (lactones) is 1. The molecule has 0 N–H and O–H groups in total. The van der Waals surface area contributed by atoms with Gasteiger partial charge in [-0.25, -0.2) is 0 Å². The Kier molecular flexibility index (Phi) is 4.72. The van der Waals surface area contributed by atoms with Crippen molar-refractivity contribution in [2.75, 3.05) is 5.75 Å². The molecule has 0 amide bonds. The minimum Gasteiger partial charge on any atom is -0.459 e. The average Bonchev–Trinajstić information content (AvgIpc) is 2.56. The maximum absolute atomic E-state index is 12.3. The summed E-state index contributed by atoms with van der Waals surface area (Å²) in [5.41, 5.74) is -0.228. The van der Waals surface area contributed by atoms with E-state index in [1.807, 2.05) is 31.7 Å². The molecule has 1 fully saturated rings. The van der Waals surface area contributed by atoms with E-state index in [-0.39, 0.29) is 28.8 Å². The van der Waals surface area contributed by atoms with Gasteiger partial charge in [0, 0.05) is 16.6 Å². The number of thioether (sulfide) groups is 1. The first kappa shape index (κ1) is 16.4. The molecule has 1 aromatic rings. The molecular weight excluding hydrogens is 280 g/mol. The van der Waals surface area contributed by atoms with Crippen molar-refractivity contribution in [3.8, 4) is 0 Å². The Balaban J connectivity index is 2.10. The molecule has 21 heavy (non-hydrogen) atoms. The van der Waals surface area contributed by atoms with Crippen molar-refractivity contribution in [2.24, 2.45) is 17.3 Å². The number of hydrogen-bond donors (Lipinski definition) is 0. The van der Waals surface area contributed by atoms with Gasteiger partial charge in [0.15, 0.2) is 0 Å². The van der Waals surface area contributed by atoms with Crippen LogP contribution in [0.5, 0.6) is 0 Å². The van der Waals surface area contributed by atoms with Crippen LogP contribution in [0.15, 0.2) is 35.2 Å². The van der Waals surface area contributed by atoms with Gasteiger partial charge in [0.2, 0.25) is 0 Å². The summed E-state index contributed by atoms with van der Waals surface area (Å²) in [5, 5.41) is 0. The summed E-state index contributed by atoms with van der Waals surface area (Å²) in [4.78, 5) is 13.5. The fourth-order valence-electron chi connectivity index (χ4n) is 2.96. The average molecular weight is 306 g/mol. The number of carbonyl (C=O) groups is 1. The molecule has 1 aliphatic heterocycles. The highest BCUT2D eigenvalue weighted by Crippen LogP contribution is 2.44. The lowest BCUT2D eigenvalue weighted by Gasteiger charge is -2.29. The van der Waals surface area contributed by atoms with E-state index in [4.69, 9.17) is 4.74 Å². The first-order chi connectivity index (χ1) is 9.69. The van der Waals surface area contributed by atoms with E-state index in [1.165, 1.54) is 4.90 Å².